The van der Waals surface area contributed by atoms with Crippen LogP contribution in [-0.2, 0) is 19.3 Å². The van der Waals surface area contributed by atoms with Crippen molar-refractivity contribution < 1.29 is 18.0 Å². The minimum atomic E-state index is -4.43. The van der Waals surface area contributed by atoms with E-state index >= 15 is 0 Å². The molecule has 0 bridgehead atoms. The molecule has 2 heterocycles. The summed E-state index contributed by atoms with van der Waals surface area (Å²) in [4.78, 5) is 16.1. The van der Waals surface area contributed by atoms with Crippen LogP contribution in [0.3, 0.4) is 0 Å². The summed E-state index contributed by atoms with van der Waals surface area (Å²) in [7, 11) is 0. The summed E-state index contributed by atoms with van der Waals surface area (Å²) in [5, 5.41) is 0. The molecule has 3 nitrogen and oxygen atoms in total. The molecule has 3 rings (SSSR count). The summed E-state index contributed by atoms with van der Waals surface area (Å²) in [6.45, 7) is 5.98. The van der Waals surface area contributed by atoms with Gasteiger partial charge in [0.15, 0.2) is 0 Å². The second kappa shape index (κ2) is 5.82. The van der Waals surface area contributed by atoms with Crippen LogP contribution >= 0.6 is 0 Å². The molecule has 1 fully saturated rings. The number of fused-ring (bicyclic) bond motifs is 1. The van der Waals surface area contributed by atoms with E-state index in [2.05, 4.69) is 4.90 Å². The number of halogens is 3. The van der Waals surface area contributed by atoms with Crippen molar-refractivity contribution in [3.05, 3.63) is 34.4 Å². The van der Waals surface area contributed by atoms with Crippen LogP contribution in [0.4, 0.5) is 13.2 Å². The first-order valence-corrected chi connectivity index (χ1v) is 8.03. The highest BCUT2D eigenvalue weighted by atomic mass is 19.4. The van der Waals surface area contributed by atoms with E-state index in [0.717, 1.165) is 25.9 Å². The first kappa shape index (κ1) is 16.3. The summed E-state index contributed by atoms with van der Waals surface area (Å²) in [5.74, 6) is -0.288. The molecule has 2 aliphatic rings. The third-order valence-corrected chi connectivity index (χ3v) is 4.66. The predicted octanol–water partition coefficient (Wildman–Crippen LogP) is 3.67. The molecule has 6 heteroatoms. The van der Waals surface area contributed by atoms with Gasteiger partial charge in [-0.1, -0.05) is 0 Å². The first-order chi connectivity index (χ1) is 10.8. The summed E-state index contributed by atoms with van der Waals surface area (Å²) < 4.78 is 40.3. The number of rotatable bonds is 3. The average molecular weight is 326 g/mol. The zero-order valence-electron chi connectivity index (χ0n) is 13.4. The van der Waals surface area contributed by atoms with Gasteiger partial charge in [-0.05, 0) is 63.0 Å². The maximum Gasteiger partial charge on any atom is 0.416 e. The minimum absolute atomic E-state index is 0.0463. The molecule has 2 aliphatic heterocycles. The van der Waals surface area contributed by atoms with Crippen molar-refractivity contribution in [2.45, 2.75) is 52.0 Å². The topological polar surface area (TPSA) is 23.6 Å². The van der Waals surface area contributed by atoms with Gasteiger partial charge in [-0.3, -0.25) is 9.69 Å². The Morgan fingerprint density at radius 3 is 2.39 bits per heavy atom. The zero-order chi connectivity index (χ0) is 16.8. The molecule has 1 aromatic rings. The van der Waals surface area contributed by atoms with Gasteiger partial charge in [0.05, 0.1) is 5.56 Å². The Labute approximate surface area is 134 Å². The highest BCUT2D eigenvalue weighted by Gasteiger charge is 2.40. The molecule has 126 valence electrons. The fraction of sp³-hybridized carbons (Fsp3) is 0.588. The second-order valence-electron chi connectivity index (χ2n) is 6.68. The molecule has 23 heavy (non-hydrogen) atoms. The molecule has 0 aromatic heterocycles. The molecule has 0 unspecified atom stereocenters. The number of hydrogen-bond donors (Lipinski definition) is 0. The maximum absolute atomic E-state index is 13.4. The van der Waals surface area contributed by atoms with Crippen LogP contribution in [0.25, 0.3) is 0 Å². The summed E-state index contributed by atoms with van der Waals surface area (Å²) >= 11 is 0. The molecule has 1 amide bonds. The van der Waals surface area contributed by atoms with Crippen molar-refractivity contribution in [3.8, 4) is 0 Å². The number of hydrogen-bond acceptors (Lipinski definition) is 2. The molecule has 1 saturated heterocycles. The van der Waals surface area contributed by atoms with Crippen molar-refractivity contribution >= 4 is 5.91 Å². The zero-order valence-corrected chi connectivity index (χ0v) is 13.4. The Bertz CT molecular complexity index is 619. The highest BCUT2D eigenvalue weighted by molar-refractivity contribution is 5.99. The van der Waals surface area contributed by atoms with Gasteiger partial charge in [-0.25, -0.2) is 0 Å². The molecule has 0 N–H and O–H groups in total. The monoisotopic (exact) mass is 326 g/mol. The third kappa shape index (κ3) is 3.09. The van der Waals surface area contributed by atoms with Crippen LogP contribution in [0.15, 0.2) is 12.1 Å². The van der Waals surface area contributed by atoms with Crippen molar-refractivity contribution in [2.24, 2.45) is 0 Å². The number of carbonyl (C=O) groups excluding carboxylic acids is 1. The van der Waals surface area contributed by atoms with Gasteiger partial charge in [0.25, 0.3) is 5.91 Å². The average Bonchev–Trinajstić information content (AvgIpc) is 3.06. The van der Waals surface area contributed by atoms with Gasteiger partial charge in [0.2, 0.25) is 0 Å². The normalized spacial score (nSPS) is 19.0. The fourth-order valence-corrected chi connectivity index (χ4v) is 3.45. The Hall–Kier alpha value is -1.56. The van der Waals surface area contributed by atoms with Gasteiger partial charge in [0, 0.05) is 24.7 Å². The fourth-order valence-electron chi connectivity index (χ4n) is 3.45. The van der Waals surface area contributed by atoms with Crippen LogP contribution in [0.5, 0.6) is 0 Å². The van der Waals surface area contributed by atoms with Gasteiger partial charge < -0.3 is 4.90 Å². The van der Waals surface area contributed by atoms with Gasteiger partial charge in [-0.15, -0.1) is 0 Å². The van der Waals surface area contributed by atoms with Crippen LogP contribution in [0, 0.1) is 0 Å². The van der Waals surface area contributed by atoms with Gasteiger partial charge in [-0.2, -0.15) is 13.2 Å². The Morgan fingerprint density at radius 1 is 1.17 bits per heavy atom. The number of carbonyl (C=O) groups is 1. The molecule has 0 saturated carbocycles. The van der Waals surface area contributed by atoms with E-state index in [4.69, 9.17) is 0 Å². The molecule has 0 aliphatic carbocycles. The van der Waals surface area contributed by atoms with Crippen molar-refractivity contribution in [1.82, 2.24) is 9.80 Å². The van der Waals surface area contributed by atoms with E-state index in [1.54, 1.807) is 6.07 Å². The predicted molar refractivity (Wildman–Crippen MR) is 81.0 cm³/mol. The lowest BCUT2D eigenvalue weighted by atomic mass is 9.98. The minimum Gasteiger partial charge on any atom is -0.332 e. The van der Waals surface area contributed by atoms with E-state index in [1.807, 2.05) is 13.8 Å². The summed E-state index contributed by atoms with van der Waals surface area (Å²) in [6, 6.07) is 2.78. The van der Waals surface area contributed by atoms with Crippen LogP contribution < -0.4 is 0 Å². The molecule has 0 spiro atoms. The largest absolute Gasteiger partial charge is 0.416 e. The lowest BCUT2D eigenvalue weighted by Gasteiger charge is -2.20. The molecule has 0 radical (unpaired) electrons. The number of benzene rings is 1. The van der Waals surface area contributed by atoms with Crippen molar-refractivity contribution in [1.29, 1.82) is 0 Å². The Kier molecular flexibility index (Phi) is 4.12. The highest BCUT2D eigenvalue weighted by Crippen LogP contribution is 2.38. The standard InChI is InChI=1S/C17H21F3N2O/c1-11(2)22-10-14-13(16(22)23)7-12(8-15(14)17(18,19)20)9-21-5-3-4-6-21/h7-8,11H,3-6,9-10H2,1-2H3. The van der Waals surface area contributed by atoms with Gasteiger partial charge >= 0.3 is 6.18 Å². The molecular weight excluding hydrogens is 305 g/mol. The van der Waals surface area contributed by atoms with E-state index in [-0.39, 0.29) is 29.6 Å². The Morgan fingerprint density at radius 2 is 1.83 bits per heavy atom. The van der Waals surface area contributed by atoms with Crippen LogP contribution in [0.2, 0.25) is 0 Å². The van der Waals surface area contributed by atoms with Crippen molar-refractivity contribution in [2.75, 3.05) is 13.1 Å². The molecule has 0 atom stereocenters. The summed E-state index contributed by atoms with van der Waals surface area (Å²) in [5.41, 5.74) is 0.279. The van der Waals surface area contributed by atoms with Crippen LogP contribution in [0.1, 0.15) is 53.7 Å². The first-order valence-electron chi connectivity index (χ1n) is 8.03. The second-order valence-corrected chi connectivity index (χ2v) is 6.68. The maximum atomic E-state index is 13.4. The smallest absolute Gasteiger partial charge is 0.332 e. The van der Waals surface area contributed by atoms with E-state index in [0.29, 0.717) is 12.1 Å². The lowest BCUT2D eigenvalue weighted by molar-refractivity contribution is -0.138. The number of amides is 1. The quantitative estimate of drug-likeness (QED) is 0.846. The molecular formula is C17H21F3N2O. The van der Waals surface area contributed by atoms with Crippen LogP contribution in [-0.4, -0.2) is 34.8 Å². The van der Waals surface area contributed by atoms with E-state index in [9.17, 15) is 18.0 Å². The van der Waals surface area contributed by atoms with E-state index in [1.165, 1.54) is 11.0 Å². The lowest BCUT2D eigenvalue weighted by Crippen LogP contribution is -2.30. The Balaban J connectivity index is 2.01. The van der Waals surface area contributed by atoms with E-state index < -0.39 is 11.7 Å². The molecule has 1 aromatic carbocycles. The SMILES string of the molecule is CC(C)N1Cc2c(cc(CN3CCCC3)cc2C(F)(F)F)C1=O. The number of alkyl halides is 3. The van der Waals surface area contributed by atoms with Gasteiger partial charge in [0.1, 0.15) is 0 Å². The van der Waals surface area contributed by atoms with Crippen molar-refractivity contribution in [3.63, 3.8) is 0 Å². The number of nitrogens with zero attached hydrogens (tertiary/aromatic N) is 2. The number of likely N-dealkylation sites (tertiary alicyclic amines) is 1. The summed E-state index contributed by atoms with van der Waals surface area (Å²) in [6.07, 6.45) is -2.27. The third-order valence-electron chi connectivity index (χ3n) is 4.66.